The Morgan fingerprint density at radius 2 is 2.15 bits per heavy atom. The van der Waals surface area contributed by atoms with Crippen LogP contribution in [0.5, 0.6) is 0 Å². The van der Waals surface area contributed by atoms with Crippen LogP contribution in [-0.4, -0.2) is 20.7 Å². The lowest BCUT2D eigenvalue weighted by Gasteiger charge is -2.03. The van der Waals surface area contributed by atoms with Crippen LogP contribution in [0, 0.1) is 0 Å². The number of thiophene rings is 1. The molecule has 0 bridgehead atoms. The minimum absolute atomic E-state index is 0.0228. The van der Waals surface area contributed by atoms with Gasteiger partial charge in [0.25, 0.3) is 5.89 Å². The van der Waals surface area contributed by atoms with E-state index < -0.39 is 11.7 Å². The molecule has 0 fully saturated rings. The van der Waals surface area contributed by atoms with Crippen molar-refractivity contribution in [2.75, 3.05) is 0 Å². The first-order valence-corrected chi connectivity index (χ1v) is 8.74. The Balaban J connectivity index is 1.34. The molecule has 8 nitrogen and oxygen atoms in total. The number of benzene rings is 1. The quantitative estimate of drug-likeness (QED) is 0.480. The van der Waals surface area contributed by atoms with E-state index in [-0.39, 0.29) is 25.5 Å². The van der Waals surface area contributed by atoms with Crippen LogP contribution in [-0.2, 0) is 22.7 Å². The van der Waals surface area contributed by atoms with Gasteiger partial charge in [0, 0.05) is 17.5 Å². The van der Waals surface area contributed by atoms with E-state index in [1.807, 2.05) is 16.8 Å². The second kappa shape index (κ2) is 6.96. The van der Waals surface area contributed by atoms with Crippen molar-refractivity contribution in [2.24, 2.45) is 0 Å². The van der Waals surface area contributed by atoms with E-state index in [9.17, 15) is 9.59 Å². The van der Waals surface area contributed by atoms with E-state index in [0.29, 0.717) is 16.9 Å². The maximum absolute atomic E-state index is 11.9. The van der Waals surface area contributed by atoms with Crippen LogP contribution in [0.15, 0.2) is 54.8 Å². The normalized spacial score (nSPS) is 11.1. The number of hydrogen-bond donors (Lipinski definition) is 0. The van der Waals surface area contributed by atoms with Gasteiger partial charge in [0.15, 0.2) is 12.2 Å². The SMILES string of the molecule is O=C(CCn1c(=O)oc2ccccc21)OCc1nc(-c2ccsc2)no1. The Morgan fingerprint density at radius 3 is 3.00 bits per heavy atom. The monoisotopic (exact) mass is 371 g/mol. The largest absolute Gasteiger partial charge is 0.456 e. The topological polar surface area (TPSA) is 100 Å². The molecule has 3 heterocycles. The summed E-state index contributed by atoms with van der Waals surface area (Å²) in [6.45, 7) is 0.0513. The summed E-state index contributed by atoms with van der Waals surface area (Å²) in [5, 5.41) is 7.65. The molecule has 0 aliphatic rings. The Morgan fingerprint density at radius 1 is 1.27 bits per heavy atom. The highest BCUT2D eigenvalue weighted by Crippen LogP contribution is 2.19. The van der Waals surface area contributed by atoms with Crippen molar-refractivity contribution in [3.63, 3.8) is 0 Å². The van der Waals surface area contributed by atoms with Crippen LogP contribution < -0.4 is 5.76 Å². The summed E-state index contributed by atoms with van der Waals surface area (Å²) in [4.78, 5) is 28.0. The average molecular weight is 371 g/mol. The number of nitrogens with zero attached hydrogens (tertiary/aromatic N) is 3. The third-order valence-electron chi connectivity index (χ3n) is 3.72. The molecule has 0 saturated carbocycles. The van der Waals surface area contributed by atoms with Crippen molar-refractivity contribution >= 4 is 28.4 Å². The number of esters is 1. The maximum atomic E-state index is 11.9. The number of oxazole rings is 1. The molecule has 0 aliphatic carbocycles. The standard InChI is InChI=1S/C17H13N3O5S/c21-15(5-7-20-12-3-1-2-4-13(12)24-17(20)22)23-9-14-18-16(19-25-14)11-6-8-26-10-11/h1-4,6,8,10H,5,7,9H2. The first kappa shape index (κ1) is 16.3. The molecule has 9 heteroatoms. The molecule has 0 amide bonds. The molecule has 0 N–H and O–H groups in total. The number of hydrogen-bond acceptors (Lipinski definition) is 8. The van der Waals surface area contributed by atoms with E-state index in [4.69, 9.17) is 13.7 Å². The van der Waals surface area contributed by atoms with E-state index in [0.717, 1.165) is 5.56 Å². The molecule has 0 spiro atoms. The van der Waals surface area contributed by atoms with Crippen LogP contribution in [0.1, 0.15) is 12.3 Å². The lowest BCUT2D eigenvalue weighted by atomic mass is 10.3. The molecule has 26 heavy (non-hydrogen) atoms. The van der Waals surface area contributed by atoms with Gasteiger partial charge < -0.3 is 13.7 Å². The third-order valence-corrected chi connectivity index (χ3v) is 4.40. The van der Waals surface area contributed by atoms with Gasteiger partial charge in [-0.15, -0.1) is 0 Å². The minimum Gasteiger partial charge on any atom is -0.456 e. The highest BCUT2D eigenvalue weighted by molar-refractivity contribution is 7.08. The molecule has 3 aromatic heterocycles. The Bertz CT molecular complexity index is 1090. The molecular formula is C17H13N3O5S. The summed E-state index contributed by atoms with van der Waals surface area (Å²) in [6, 6.07) is 8.91. The summed E-state index contributed by atoms with van der Waals surface area (Å²) in [5.41, 5.74) is 1.97. The molecule has 4 rings (SSSR count). The van der Waals surface area contributed by atoms with E-state index >= 15 is 0 Å². The van der Waals surface area contributed by atoms with Crippen LogP contribution >= 0.6 is 11.3 Å². The van der Waals surface area contributed by atoms with Crippen LogP contribution in [0.4, 0.5) is 0 Å². The zero-order chi connectivity index (χ0) is 17.9. The molecular weight excluding hydrogens is 358 g/mol. The van der Waals surface area contributed by atoms with Crippen LogP contribution in [0.3, 0.4) is 0 Å². The molecule has 0 saturated heterocycles. The molecule has 1 aromatic carbocycles. The summed E-state index contributed by atoms with van der Waals surface area (Å²) in [6.07, 6.45) is 0.0228. The fourth-order valence-corrected chi connectivity index (χ4v) is 3.10. The smallest absolute Gasteiger partial charge is 0.419 e. The predicted octanol–water partition coefficient (Wildman–Crippen LogP) is 2.84. The molecule has 0 unspecified atom stereocenters. The predicted molar refractivity (Wildman–Crippen MR) is 92.5 cm³/mol. The Kier molecular flexibility index (Phi) is 4.36. The average Bonchev–Trinajstić information content (AvgIpc) is 3.37. The molecule has 132 valence electrons. The van der Waals surface area contributed by atoms with Gasteiger partial charge in [0.2, 0.25) is 5.82 Å². The van der Waals surface area contributed by atoms with E-state index in [1.165, 1.54) is 15.9 Å². The first-order chi connectivity index (χ1) is 12.7. The molecule has 4 aromatic rings. The van der Waals surface area contributed by atoms with E-state index in [2.05, 4.69) is 10.1 Å². The Labute approximate surface area is 150 Å². The number of fused-ring (bicyclic) bond motifs is 1. The lowest BCUT2D eigenvalue weighted by Crippen LogP contribution is -2.17. The number of carbonyl (C=O) groups is 1. The molecule has 0 radical (unpaired) electrons. The van der Waals surface area contributed by atoms with Crippen molar-refractivity contribution < 1.29 is 18.5 Å². The third kappa shape index (κ3) is 3.29. The number of carbonyl (C=O) groups excluding carboxylic acids is 1. The summed E-state index contributed by atoms with van der Waals surface area (Å²) in [5.74, 6) is -0.312. The second-order valence-corrected chi connectivity index (χ2v) is 6.20. The van der Waals surface area contributed by atoms with Gasteiger partial charge in [-0.1, -0.05) is 17.3 Å². The van der Waals surface area contributed by atoms with Crippen molar-refractivity contribution in [3.05, 3.63) is 57.5 Å². The van der Waals surface area contributed by atoms with Crippen molar-refractivity contribution in [2.45, 2.75) is 19.6 Å². The molecule has 0 atom stereocenters. The van der Waals surface area contributed by atoms with Crippen molar-refractivity contribution in [3.8, 4) is 11.4 Å². The first-order valence-electron chi connectivity index (χ1n) is 7.80. The fourth-order valence-electron chi connectivity index (χ4n) is 2.47. The zero-order valence-corrected chi connectivity index (χ0v) is 14.3. The number of ether oxygens (including phenoxy) is 1. The number of aryl methyl sites for hydroxylation is 1. The molecule has 0 aliphatic heterocycles. The summed E-state index contributed by atoms with van der Waals surface area (Å²) in [7, 11) is 0. The van der Waals surface area contributed by atoms with Crippen molar-refractivity contribution in [1.29, 1.82) is 0 Å². The number of aromatic nitrogens is 3. The second-order valence-electron chi connectivity index (χ2n) is 5.42. The van der Waals surface area contributed by atoms with Gasteiger partial charge in [-0.05, 0) is 23.6 Å². The van der Waals surface area contributed by atoms with Gasteiger partial charge in [-0.3, -0.25) is 9.36 Å². The van der Waals surface area contributed by atoms with Gasteiger partial charge in [0.1, 0.15) is 0 Å². The summed E-state index contributed by atoms with van der Waals surface area (Å²) < 4.78 is 16.7. The number of para-hydroxylation sites is 2. The van der Waals surface area contributed by atoms with E-state index in [1.54, 1.807) is 24.3 Å². The van der Waals surface area contributed by atoms with Gasteiger partial charge in [-0.25, -0.2) is 4.79 Å². The van der Waals surface area contributed by atoms with Gasteiger partial charge in [-0.2, -0.15) is 16.3 Å². The highest BCUT2D eigenvalue weighted by Gasteiger charge is 2.13. The van der Waals surface area contributed by atoms with Crippen molar-refractivity contribution in [1.82, 2.24) is 14.7 Å². The van der Waals surface area contributed by atoms with Gasteiger partial charge in [0.05, 0.1) is 11.9 Å². The zero-order valence-electron chi connectivity index (χ0n) is 13.5. The lowest BCUT2D eigenvalue weighted by molar-refractivity contribution is -0.146. The summed E-state index contributed by atoms with van der Waals surface area (Å²) >= 11 is 1.53. The fraction of sp³-hybridized carbons (Fsp3) is 0.176. The maximum Gasteiger partial charge on any atom is 0.419 e. The number of rotatable bonds is 6. The van der Waals surface area contributed by atoms with Gasteiger partial charge >= 0.3 is 11.7 Å². The minimum atomic E-state index is -0.503. The van der Waals surface area contributed by atoms with Crippen LogP contribution in [0.25, 0.3) is 22.5 Å². The highest BCUT2D eigenvalue weighted by atomic mass is 32.1. The van der Waals surface area contributed by atoms with Crippen LogP contribution in [0.2, 0.25) is 0 Å². The Hall–Kier alpha value is -3.20.